The van der Waals surface area contributed by atoms with Gasteiger partial charge in [0.15, 0.2) is 0 Å². The van der Waals surface area contributed by atoms with Gasteiger partial charge in [0, 0.05) is 26.2 Å². The lowest BCUT2D eigenvalue weighted by Gasteiger charge is -2.39. The summed E-state index contributed by atoms with van der Waals surface area (Å²) in [4.78, 5) is 13.7. The molecule has 94 valence electrons. The third kappa shape index (κ3) is 1.96. The fourth-order valence-electron chi connectivity index (χ4n) is 2.35. The first-order chi connectivity index (χ1) is 8.71. The lowest BCUT2D eigenvalue weighted by molar-refractivity contribution is -0.127. The van der Waals surface area contributed by atoms with Gasteiger partial charge in [0.1, 0.15) is 6.07 Å². The van der Waals surface area contributed by atoms with Crippen LogP contribution in [0.2, 0.25) is 0 Å². The van der Waals surface area contributed by atoms with Gasteiger partial charge < -0.3 is 11.1 Å². The minimum Gasteiger partial charge on any atom is -0.367 e. The van der Waals surface area contributed by atoms with Crippen LogP contribution in [0.3, 0.4) is 0 Å². The van der Waals surface area contributed by atoms with Gasteiger partial charge in [0.25, 0.3) is 5.91 Å². The molecule has 1 aromatic rings. The summed E-state index contributed by atoms with van der Waals surface area (Å²) in [5.41, 5.74) is 4.80. The van der Waals surface area contributed by atoms with Crippen LogP contribution in [0.4, 0.5) is 0 Å². The topological polar surface area (TPSA) is 82.1 Å². The first kappa shape index (κ1) is 12.6. The van der Waals surface area contributed by atoms with Gasteiger partial charge in [-0.2, -0.15) is 5.26 Å². The minimum atomic E-state index is -1.36. The fraction of sp³-hybridized carbons (Fsp3) is 0.385. The molecule has 5 heteroatoms. The van der Waals surface area contributed by atoms with Crippen LogP contribution in [-0.2, 0) is 10.3 Å². The van der Waals surface area contributed by atoms with Gasteiger partial charge in [-0.25, -0.2) is 0 Å². The standard InChI is InChI=1S/C13H16N4O/c14-10-13(12(15)18,11-4-2-1-3-5-11)17-8-6-16-7-9-17/h1-5,16H,6-9H2,(H2,15,18). The number of amides is 1. The Hall–Kier alpha value is -1.90. The van der Waals surface area contributed by atoms with Crippen molar-refractivity contribution < 1.29 is 4.79 Å². The number of benzene rings is 1. The van der Waals surface area contributed by atoms with Crippen LogP contribution in [0, 0.1) is 11.3 Å². The second-order valence-corrected chi connectivity index (χ2v) is 4.29. The van der Waals surface area contributed by atoms with E-state index in [1.54, 1.807) is 12.1 Å². The predicted octanol–water partition coefficient (Wildman–Crippen LogP) is -0.204. The first-order valence-electron chi connectivity index (χ1n) is 5.94. The lowest BCUT2D eigenvalue weighted by Crippen LogP contribution is -2.59. The van der Waals surface area contributed by atoms with Crippen molar-refractivity contribution in [1.82, 2.24) is 10.2 Å². The Kier molecular flexibility index (Phi) is 3.60. The highest BCUT2D eigenvalue weighted by molar-refractivity contribution is 5.89. The first-order valence-corrected chi connectivity index (χ1v) is 5.94. The summed E-state index contributed by atoms with van der Waals surface area (Å²) in [5.74, 6) is -0.613. The summed E-state index contributed by atoms with van der Waals surface area (Å²) in [6.07, 6.45) is 0. The summed E-state index contributed by atoms with van der Waals surface area (Å²) in [6.45, 7) is 2.77. The number of rotatable bonds is 3. The van der Waals surface area contributed by atoms with E-state index < -0.39 is 11.4 Å². The zero-order valence-electron chi connectivity index (χ0n) is 10.1. The molecule has 0 radical (unpaired) electrons. The van der Waals surface area contributed by atoms with Crippen molar-refractivity contribution in [2.75, 3.05) is 26.2 Å². The molecule has 0 saturated carbocycles. The molecule has 1 saturated heterocycles. The van der Waals surface area contributed by atoms with Gasteiger partial charge in [0.2, 0.25) is 5.54 Å². The number of hydrogen-bond acceptors (Lipinski definition) is 4. The average Bonchev–Trinajstić information content (AvgIpc) is 2.42. The molecule has 0 aliphatic carbocycles. The van der Waals surface area contributed by atoms with Crippen molar-refractivity contribution in [2.24, 2.45) is 5.73 Å². The summed E-state index contributed by atoms with van der Waals surface area (Å²) in [7, 11) is 0. The highest BCUT2D eigenvalue weighted by Gasteiger charge is 2.45. The van der Waals surface area contributed by atoms with E-state index in [1.165, 1.54) is 0 Å². The zero-order valence-corrected chi connectivity index (χ0v) is 10.1. The van der Waals surface area contributed by atoms with E-state index >= 15 is 0 Å². The van der Waals surface area contributed by atoms with E-state index in [1.807, 2.05) is 23.1 Å². The van der Waals surface area contributed by atoms with Crippen LogP contribution in [0.5, 0.6) is 0 Å². The van der Waals surface area contributed by atoms with Gasteiger partial charge >= 0.3 is 0 Å². The van der Waals surface area contributed by atoms with E-state index in [-0.39, 0.29) is 0 Å². The molecule has 1 unspecified atom stereocenters. The van der Waals surface area contributed by atoms with Crippen LogP contribution >= 0.6 is 0 Å². The smallest absolute Gasteiger partial charge is 0.257 e. The van der Waals surface area contributed by atoms with Crippen molar-refractivity contribution in [1.29, 1.82) is 5.26 Å². The molecular weight excluding hydrogens is 228 g/mol. The van der Waals surface area contributed by atoms with Crippen molar-refractivity contribution >= 4 is 5.91 Å². The van der Waals surface area contributed by atoms with E-state index in [0.717, 1.165) is 13.1 Å². The molecule has 1 aliphatic heterocycles. The summed E-state index contributed by atoms with van der Waals surface area (Å²) < 4.78 is 0. The number of hydrogen-bond donors (Lipinski definition) is 2. The van der Waals surface area contributed by atoms with Crippen molar-refractivity contribution in [3.63, 3.8) is 0 Å². The van der Waals surface area contributed by atoms with Gasteiger partial charge in [-0.1, -0.05) is 30.3 Å². The van der Waals surface area contributed by atoms with Crippen molar-refractivity contribution in [3.05, 3.63) is 35.9 Å². The van der Waals surface area contributed by atoms with Gasteiger partial charge in [-0.15, -0.1) is 0 Å². The maximum absolute atomic E-state index is 11.9. The summed E-state index contributed by atoms with van der Waals surface area (Å²) >= 11 is 0. The predicted molar refractivity (Wildman–Crippen MR) is 67.4 cm³/mol. The Morgan fingerprint density at radius 2 is 1.94 bits per heavy atom. The number of nitriles is 1. The largest absolute Gasteiger partial charge is 0.367 e. The minimum absolute atomic E-state index is 0.613. The van der Waals surface area contributed by atoms with E-state index in [4.69, 9.17) is 5.73 Å². The Morgan fingerprint density at radius 3 is 2.44 bits per heavy atom. The number of nitrogens with two attached hydrogens (primary N) is 1. The molecule has 0 aromatic heterocycles. The average molecular weight is 244 g/mol. The molecule has 1 amide bonds. The highest BCUT2D eigenvalue weighted by atomic mass is 16.1. The van der Waals surface area contributed by atoms with Crippen molar-refractivity contribution in [2.45, 2.75) is 5.54 Å². The van der Waals surface area contributed by atoms with E-state index in [9.17, 15) is 10.1 Å². The SMILES string of the molecule is N#CC(C(N)=O)(c1ccccc1)N1CCNCC1. The van der Waals surface area contributed by atoms with Crippen LogP contribution in [0.15, 0.2) is 30.3 Å². The molecule has 1 aromatic carbocycles. The Labute approximate surface area is 106 Å². The maximum atomic E-state index is 11.9. The molecule has 0 spiro atoms. The van der Waals surface area contributed by atoms with Gasteiger partial charge in [-0.05, 0) is 5.56 Å². The molecule has 1 atom stereocenters. The molecule has 1 heterocycles. The van der Waals surface area contributed by atoms with Crippen LogP contribution in [0.25, 0.3) is 0 Å². The lowest BCUT2D eigenvalue weighted by atomic mass is 9.88. The molecule has 5 nitrogen and oxygen atoms in total. The highest BCUT2D eigenvalue weighted by Crippen LogP contribution is 2.28. The number of piperazine rings is 1. The maximum Gasteiger partial charge on any atom is 0.257 e. The van der Waals surface area contributed by atoms with E-state index in [0.29, 0.717) is 18.7 Å². The van der Waals surface area contributed by atoms with Crippen molar-refractivity contribution in [3.8, 4) is 6.07 Å². The third-order valence-corrected chi connectivity index (χ3v) is 3.30. The molecular formula is C13H16N4O. The molecule has 2 rings (SSSR count). The number of carbonyl (C=O) groups excluding carboxylic acids is 1. The Balaban J connectivity index is 2.46. The Bertz CT molecular complexity index is 462. The van der Waals surface area contributed by atoms with Crippen LogP contribution in [0.1, 0.15) is 5.56 Å². The molecule has 1 fully saturated rings. The Morgan fingerprint density at radius 1 is 1.33 bits per heavy atom. The quantitative estimate of drug-likeness (QED) is 0.771. The van der Waals surface area contributed by atoms with Crippen LogP contribution in [-0.4, -0.2) is 37.0 Å². The number of carbonyl (C=O) groups is 1. The summed E-state index contributed by atoms with van der Waals surface area (Å²) in [6, 6.07) is 11.1. The number of nitrogens with zero attached hydrogens (tertiary/aromatic N) is 2. The fourth-order valence-corrected chi connectivity index (χ4v) is 2.35. The monoisotopic (exact) mass is 244 g/mol. The van der Waals surface area contributed by atoms with Gasteiger partial charge in [0.05, 0.1) is 0 Å². The van der Waals surface area contributed by atoms with Gasteiger partial charge in [-0.3, -0.25) is 9.69 Å². The molecule has 3 N–H and O–H groups in total. The van der Waals surface area contributed by atoms with E-state index in [2.05, 4.69) is 11.4 Å². The molecule has 18 heavy (non-hydrogen) atoms. The van der Waals surface area contributed by atoms with Crippen LogP contribution < -0.4 is 11.1 Å². The zero-order chi connectivity index (χ0) is 13.0. The summed E-state index contributed by atoms with van der Waals surface area (Å²) in [5, 5.41) is 12.7. The number of nitrogens with one attached hydrogen (secondary N) is 1. The third-order valence-electron chi connectivity index (χ3n) is 3.30. The second kappa shape index (κ2) is 5.17. The number of primary amides is 1. The molecule has 1 aliphatic rings. The molecule has 0 bridgehead atoms. The normalized spacial score (nSPS) is 19.7. The second-order valence-electron chi connectivity index (χ2n) is 4.29.